The topological polar surface area (TPSA) is 115 Å². The molecule has 6 nitrogen and oxygen atoms in total. The Hall–Kier alpha value is -2.70. The Balaban J connectivity index is 0.000000591. The van der Waals surface area contributed by atoms with Gasteiger partial charge in [0.2, 0.25) is 0 Å². The third-order valence-electron chi connectivity index (χ3n) is 6.01. The molecular weight excluding hydrogens is 468 g/mol. The minimum absolute atomic E-state index is 0.254. The van der Waals surface area contributed by atoms with E-state index in [1.54, 1.807) is 60.7 Å². The van der Waals surface area contributed by atoms with Gasteiger partial charge in [-0.2, -0.15) is 0 Å². The van der Waals surface area contributed by atoms with Crippen molar-refractivity contribution in [1.82, 2.24) is 0 Å². The van der Waals surface area contributed by atoms with E-state index in [0.29, 0.717) is 46.6 Å². The van der Waals surface area contributed by atoms with Gasteiger partial charge < -0.3 is 20.4 Å². The number of aliphatic hydroxyl groups excluding tert-OH is 2. The van der Waals surface area contributed by atoms with Crippen molar-refractivity contribution in [2.45, 2.75) is 60.8 Å². The van der Waals surface area contributed by atoms with E-state index in [2.05, 4.69) is 41.5 Å². The molecule has 0 saturated carbocycles. The lowest BCUT2D eigenvalue weighted by Crippen LogP contribution is -2.31. The second-order valence-corrected chi connectivity index (χ2v) is 10.8. The maximum atomic E-state index is 10.2. The predicted octanol–water partition coefficient (Wildman–Crippen LogP) is 6.73. The molecule has 2 atom stereocenters. The molecule has 0 aliphatic rings. The van der Waals surface area contributed by atoms with Gasteiger partial charge in [0.15, 0.2) is 0 Å². The minimum atomic E-state index is -0.879. The van der Waals surface area contributed by atoms with Gasteiger partial charge in [0.1, 0.15) is 0 Å². The smallest absolute Gasteiger partial charge is 0.335 e. The van der Waals surface area contributed by atoms with Gasteiger partial charge in [0.05, 0.1) is 11.1 Å². The SMILES string of the molecule is CC(C)CC(CO)C(CC(C)C)C(CO)CC(C)C.O=C(O)c1ccccc1.O=C(O)c1ccccc1. The van der Waals surface area contributed by atoms with Gasteiger partial charge in [-0.25, -0.2) is 9.59 Å². The lowest BCUT2D eigenvalue weighted by atomic mass is 9.72. The molecule has 0 aromatic heterocycles. The maximum absolute atomic E-state index is 10.2. The Morgan fingerprint density at radius 1 is 0.568 bits per heavy atom. The second kappa shape index (κ2) is 19.4. The first-order valence-electron chi connectivity index (χ1n) is 13.2. The van der Waals surface area contributed by atoms with Crippen LogP contribution in [0.5, 0.6) is 0 Å². The highest BCUT2D eigenvalue weighted by Gasteiger charge is 2.30. The predicted molar refractivity (Wildman–Crippen MR) is 150 cm³/mol. The zero-order chi connectivity index (χ0) is 28.4. The number of benzene rings is 2. The van der Waals surface area contributed by atoms with E-state index in [9.17, 15) is 19.8 Å². The second-order valence-electron chi connectivity index (χ2n) is 10.8. The molecule has 0 saturated heterocycles. The van der Waals surface area contributed by atoms with E-state index in [4.69, 9.17) is 10.2 Å². The summed E-state index contributed by atoms with van der Waals surface area (Å²) in [5.41, 5.74) is 0.662. The maximum Gasteiger partial charge on any atom is 0.335 e. The fourth-order valence-corrected chi connectivity index (χ4v) is 4.46. The third-order valence-corrected chi connectivity index (χ3v) is 6.01. The molecule has 0 heterocycles. The Labute approximate surface area is 223 Å². The number of carbonyl (C=O) groups is 2. The van der Waals surface area contributed by atoms with Gasteiger partial charge in [0, 0.05) is 13.2 Å². The summed E-state index contributed by atoms with van der Waals surface area (Å²) in [6.45, 7) is 13.8. The van der Waals surface area contributed by atoms with Gasteiger partial charge in [-0.15, -0.1) is 0 Å². The van der Waals surface area contributed by atoms with Crippen LogP contribution in [0.15, 0.2) is 60.7 Å². The van der Waals surface area contributed by atoms with Crippen LogP contribution in [0.2, 0.25) is 0 Å². The number of carboxylic acids is 2. The zero-order valence-electron chi connectivity index (χ0n) is 23.4. The lowest BCUT2D eigenvalue weighted by Gasteiger charge is -2.35. The summed E-state index contributed by atoms with van der Waals surface area (Å²) in [6, 6.07) is 16.6. The molecule has 2 rings (SSSR count). The van der Waals surface area contributed by atoms with Gasteiger partial charge in [-0.1, -0.05) is 77.9 Å². The van der Waals surface area contributed by atoms with E-state index in [1.165, 1.54) is 0 Å². The summed E-state index contributed by atoms with van der Waals surface area (Å²) in [4.78, 5) is 20.4. The van der Waals surface area contributed by atoms with Crippen LogP contribution in [0, 0.1) is 35.5 Å². The molecule has 0 bridgehead atoms. The molecule has 0 aliphatic carbocycles. The number of aliphatic hydroxyl groups is 2. The molecule has 0 amide bonds. The number of hydrogen-bond acceptors (Lipinski definition) is 4. The van der Waals surface area contributed by atoms with Crippen LogP contribution in [0.1, 0.15) is 81.5 Å². The average Bonchev–Trinajstić information content (AvgIpc) is 2.86. The fraction of sp³-hybridized carbons (Fsp3) is 0.548. The number of carboxylic acid groups (broad SMARTS) is 2. The van der Waals surface area contributed by atoms with Crippen LogP contribution in [0.25, 0.3) is 0 Å². The monoisotopic (exact) mass is 516 g/mol. The summed E-state index contributed by atoms with van der Waals surface area (Å²) < 4.78 is 0. The van der Waals surface area contributed by atoms with E-state index >= 15 is 0 Å². The first-order valence-corrected chi connectivity index (χ1v) is 13.2. The summed E-state index contributed by atoms with van der Waals surface area (Å²) in [6.07, 6.45) is 3.22. The standard InChI is InChI=1S/C17H36O2.2C7H6O2/c1-12(2)7-15(10-18)17(9-14(5)6)16(11-19)8-13(3)4;2*8-7(9)6-4-2-1-3-5-6/h12-19H,7-11H2,1-6H3;2*1-5H,(H,8,9). The number of rotatable bonds is 12. The summed E-state index contributed by atoms with van der Waals surface area (Å²) >= 11 is 0. The molecule has 0 fully saturated rings. The van der Waals surface area contributed by atoms with Gasteiger partial charge in [0.25, 0.3) is 0 Å². The van der Waals surface area contributed by atoms with E-state index in [0.717, 1.165) is 19.3 Å². The summed E-state index contributed by atoms with van der Waals surface area (Å²) in [5, 5.41) is 36.3. The van der Waals surface area contributed by atoms with Gasteiger partial charge in [-0.05, 0) is 79.0 Å². The molecule has 6 heteroatoms. The van der Waals surface area contributed by atoms with Crippen LogP contribution in [-0.2, 0) is 0 Å². The minimum Gasteiger partial charge on any atom is -0.478 e. The van der Waals surface area contributed by atoms with Crippen molar-refractivity contribution in [3.8, 4) is 0 Å². The molecule has 37 heavy (non-hydrogen) atoms. The Bertz CT molecular complexity index is 781. The van der Waals surface area contributed by atoms with Crippen molar-refractivity contribution in [1.29, 1.82) is 0 Å². The van der Waals surface area contributed by atoms with Crippen LogP contribution in [0.3, 0.4) is 0 Å². The lowest BCUT2D eigenvalue weighted by molar-refractivity contribution is 0.0596. The zero-order valence-corrected chi connectivity index (χ0v) is 23.4. The highest BCUT2D eigenvalue weighted by molar-refractivity contribution is 5.87. The van der Waals surface area contributed by atoms with E-state index in [-0.39, 0.29) is 13.2 Å². The van der Waals surface area contributed by atoms with Crippen LogP contribution >= 0.6 is 0 Å². The molecule has 208 valence electrons. The first-order chi connectivity index (χ1) is 17.4. The number of aromatic carboxylic acids is 2. The molecule has 2 aromatic rings. The molecule has 2 unspecified atom stereocenters. The van der Waals surface area contributed by atoms with Gasteiger partial charge >= 0.3 is 11.9 Å². The molecule has 0 spiro atoms. The third kappa shape index (κ3) is 15.9. The van der Waals surface area contributed by atoms with Crippen LogP contribution in [0.4, 0.5) is 0 Å². The Morgan fingerprint density at radius 3 is 1.05 bits per heavy atom. The van der Waals surface area contributed by atoms with Crippen LogP contribution in [-0.4, -0.2) is 45.6 Å². The molecule has 4 N–H and O–H groups in total. The largest absolute Gasteiger partial charge is 0.478 e. The van der Waals surface area contributed by atoms with Crippen molar-refractivity contribution < 1.29 is 30.0 Å². The van der Waals surface area contributed by atoms with Crippen LogP contribution < -0.4 is 0 Å². The summed E-state index contributed by atoms with van der Waals surface area (Å²) in [5.74, 6) is 1.17. The first kappa shape index (κ1) is 34.3. The van der Waals surface area contributed by atoms with Crippen molar-refractivity contribution in [2.24, 2.45) is 35.5 Å². The number of hydrogen-bond donors (Lipinski definition) is 4. The van der Waals surface area contributed by atoms with Crippen molar-refractivity contribution >= 4 is 11.9 Å². The quantitative estimate of drug-likeness (QED) is 0.249. The van der Waals surface area contributed by atoms with Crippen molar-refractivity contribution in [3.63, 3.8) is 0 Å². The summed E-state index contributed by atoms with van der Waals surface area (Å²) in [7, 11) is 0. The Morgan fingerprint density at radius 2 is 0.865 bits per heavy atom. The average molecular weight is 517 g/mol. The molecule has 0 radical (unpaired) electrons. The molecular formula is C31H48O6. The van der Waals surface area contributed by atoms with Crippen molar-refractivity contribution in [2.75, 3.05) is 13.2 Å². The van der Waals surface area contributed by atoms with Crippen molar-refractivity contribution in [3.05, 3.63) is 71.8 Å². The van der Waals surface area contributed by atoms with E-state index < -0.39 is 11.9 Å². The fourth-order valence-electron chi connectivity index (χ4n) is 4.46. The highest BCUT2D eigenvalue weighted by Crippen LogP contribution is 2.35. The Kier molecular flexibility index (Phi) is 18.0. The normalized spacial score (nSPS) is 13.2. The van der Waals surface area contributed by atoms with Gasteiger partial charge in [-0.3, -0.25) is 0 Å². The molecule has 0 aliphatic heterocycles. The molecule has 2 aromatic carbocycles. The van der Waals surface area contributed by atoms with E-state index in [1.807, 2.05) is 0 Å². The highest BCUT2D eigenvalue weighted by atomic mass is 16.4.